The third kappa shape index (κ3) is 5.24. The fourth-order valence-corrected chi connectivity index (χ4v) is 3.88. The number of aromatic nitrogens is 2. The van der Waals surface area contributed by atoms with Gasteiger partial charge in [-0.05, 0) is 31.4 Å². The summed E-state index contributed by atoms with van der Waals surface area (Å²) < 4.78 is 0. The molecule has 3 rings (SSSR count). The van der Waals surface area contributed by atoms with Crippen LogP contribution in [0.1, 0.15) is 36.3 Å². The summed E-state index contributed by atoms with van der Waals surface area (Å²) in [4.78, 5) is 14.9. The molecule has 3 N–H and O–H groups in total. The molecule has 2 heterocycles. The van der Waals surface area contributed by atoms with Gasteiger partial charge in [0.15, 0.2) is 0 Å². The molecule has 0 saturated carbocycles. The van der Waals surface area contributed by atoms with Crippen molar-refractivity contribution in [2.24, 2.45) is 0 Å². The van der Waals surface area contributed by atoms with Crippen LogP contribution in [0.15, 0.2) is 30.3 Å². The van der Waals surface area contributed by atoms with Gasteiger partial charge in [0.2, 0.25) is 11.0 Å². The number of likely N-dealkylation sites (tertiary alicyclic amines) is 1. The van der Waals surface area contributed by atoms with Crippen LogP contribution in [0.2, 0.25) is 0 Å². The summed E-state index contributed by atoms with van der Waals surface area (Å²) in [6.07, 6.45) is 4.87. The molecule has 25 heavy (non-hydrogen) atoms. The monoisotopic (exact) mass is 359 g/mol. The third-order valence-electron chi connectivity index (χ3n) is 4.49. The zero-order valence-corrected chi connectivity index (χ0v) is 15.2. The van der Waals surface area contributed by atoms with Gasteiger partial charge in [-0.3, -0.25) is 9.69 Å². The first-order valence-corrected chi connectivity index (χ1v) is 9.67. The number of hydrogen-bond donors (Lipinski definition) is 2. The Hall–Kier alpha value is -1.99. The van der Waals surface area contributed by atoms with E-state index in [0.717, 1.165) is 50.2 Å². The average molecular weight is 359 g/mol. The second kappa shape index (κ2) is 8.92. The van der Waals surface area contributed by atoms with Gasteiger partial charge in [0, 0.05) is 19.5 Å². The standard InChI is InChI=1S/C18H25N5OS/c19-18-22-21-16(25-18)10-6-11-20-17(24)15-9-4-5-12-23(15)13-14-7-2-1-3-8-14/h1-3,7-8,15H,4-6,9-13H2,(H2,19,22)(H,20,24)/t15-/m1/s1. The molecule has 0 unspecified atom stereocenters. The number of nitrogens with two attached hydrogens (primary N) is 1. The SMILES string of the molecule is Nc1nnc(CCCNC(=O)[C@H]2CCCCN2Cc2ccccc2)s1. The molecular formula is C18H25N5OS. The maximum absolute atomic E-state index is 12.6. The highest BCUT2D eigenvalue weighted by Gasteiger charge is 2.28. The molecule has 134 valence electrons. The van der Waals surface area contributed by atoms with Gasteiger partial charge in [0.1, 0.15) is 5.01 Å². The summed E-state index contributed by atoms with van der Waals surface area (Å²) in [5, 5.41) is 12.3. The van der Waals surface area contributed by atoms with Gasteiger partial charge in [0.05, 0.1) is 6.04 Å². The van der Waals surface area contributed by atoms with E-state index in [1.54, 1.807) is 0 Å². The van der Waals surface area contributed by atoms with Crippen molar-refractivity contribution in [1.29, 1.82) is 0 Å². The third-order valence-corrected chi connectivity index (χ3v) is 5.31. The Balaban J connectivity index is 1.47. The number of piperidine rings is 1. The molecule has 2 aromatic rings. The van der Waals surface area contributed by atoms with Crippen LogP contribution in [0.4, 0.5) is 5.13 Å². The minimum Gasteiger partial charge on any atom is -0.374 e. The van der Waals surface area contributed by atoms with E-state index in [9.17, 15) is 4.79 Å². The molecule has 0 spiro atoms. The maximum Gasteiger partial charge on any atom is 0.237 e. The Kier molecular flexibility index (Phi) is 6.36. The van der Waals surface area contributed by atoms with Gasteiger partial charge < -0.3 is 11.1 Å². The molecule has 0 aliphatic carbocycles. The molecule has 7 heteroatoms. The minimum atomic E-state index is -0.0221. The van der Waals surface area contributed by atoms with Crippen LogP contribution in [0.5, 0.6) is 0 Å². The van der Waals surface area contributed by atoms with Gasteiger partial charge in [-0.1, -0.05) is 48.1 Å². The van der Waals surface area contributed by atoms with E-state index >= 15 is 0 Å². The summed E-state index contributed by atoms with van der Waals surface area (Å²) in [6, 6.07) is 10.3. The molecule has 1 atom stereocenters. The lowest BCUT2D eigenvalue weighted by Gasteiger charge is -2.34. The van der Waals surface area contributed by atoms with E-state index in [1.165, 1.54) is 16.9 Å². The molecular weight excluding hydrogens is 334 g/mol. The Bertz CT molecular complexity index is 675. The predicted molar refractivity (Wildman–Crippen MR) is 100 cm³/mol. The first-order valence-electron chi connectivity index (χ1n) is 8.86. The zero-order valence-electron chi connectivity index (χ0n) is 14.4. The molecule has 1 amide bonds. The van der Waals surface area contributed by atoms with Gasteiger partial charge in [-0.15, -0.1) is 10.2 Å². The van der Waals surface area contributed by atoms with Gasteiger partial charge in [-0.2, -0.15) is 0 Å². The Morgan fingerprint density at radius 2 is 2.12 bits per heavy atom. The summed E-state index contributed by atoms with van der Waals surface area (Å²) in [5.41, 5.74) is 6.84. The fourth-order valence-electron chi connectivity index (χ4n) is 3.23. The van der Waals surface area contributed by atoms with Crippen LogP contribution in [0.25, 0.3) is 0 Å². The number of nitrogens with one attached hydrogen (secondary N) is 1. The summed E-state index contributed by atoms with van der Waals surface area (Å²) >= 11 is 1.41. The van der Waals surface area contributed by atoms with Crippen molar-refractivity contribution < 1.29 is 4.79 Å². The van der Waals surface area contributed by atoms with Crippen LogP contribution in [-0.2, 0) is 17.8 Å². The molecule has 1 aromatic carbocycles. The number of anilines is 1. The van der Waals surface area contributed by atoms with Crippen LogP contribution in [0, 0.1) is 0 Å². The number of aryl methyl sites for hydroxylation is 1. The molecule has 0 bridgehead atoms. The van der Waals surface area contributed by atoms with Crippen molar-refractivity contribution in [3.05, 3.63) is 40.9 Å². The van der Waals surface area contributed by atoms with E-state index in [-0.39, 0.29) is 11.9 Å². The normalized spacial score (nSPS) is 18.2. The summed E-state index contributed by atoms with van der Waals surface area (Å²) in [5.74, 6) is 0.146. The molecule has 0 radical (unpaired) electrons. The number of rotatable bonds is 7. The van der Waals surface area contributed by atoms with Crippen molar-refractivity contribution in [2.75, 3.05) is 18.8 Å². The topological polar surface area (TPSA) is 84.1 Å². The van der Waals surface area contributed by atoms with Crippen molar-refractivity contribution in [2.45, 2.75) is 44.7 Å². The summed E-state index contributed by atoms with van der Waals surface area (Å²) in [7, 11) is 0. The molecule has 1 saturated heterocycles. The van der Waals surface area contributed by atoms with E-state index in [1.807, 2.05) is 6.07 Å². The predicted octanol–water partition coefficient (Wildman–Crippen LogP) is 2.22. The first kappa shape index (κ1) is 17.8. The second-order valence-electron chi connectivity index (χ2n) is 6.40. The quantitative estimate of drug-likeness (QED) is 0.741. The highest BCUT2D eigenvalue weighted by molar-refractivity contribution is 7.15. The lowest BCUT2D eigenvalue weighted by Crippen LogP contribution is -2.49. The Morgan fingerprint density at radius 3 is 2.88 bits per heavy atom. The number of amides is 1. The van der Waals surface area contributed by atoms with Crippen molar-refractivity contribution >= 4 is 22.4 Å². The van der Waals surface area contributed by atoms with Crippen molar-refractivity contribution in [3.8, 4) is 0 Å². The number of benzene rings is 1. The van der Waals surface area contributed by atoms with Crippen molar-refractivity contribution in [3.63, 3.8) is 0 Å². The fraction of sp³-hybridized carbons (Fsp3) is 0.500. The van der Waals surface area contributed by atoms with Crippen LogP contribution in [0.3, 0.4) is 0 Å². The molecule has 6 nitrogen and oxygen atoms in total. The molecule has 1 fully saturated rings. The maximum atomic E-state index is 12.6. The van der Waals surface area contributed by atoms with Crippen LogP contribution in [-0.4, -0.2) is 40.1 Å². The summed E-state index contributed by atoms with van der Waals surface area (Å²) in [6.45, 7) is 2.48. The smallest absolute Gasteiger partial charge is 0.237 e. The molecule has 1 aliphatic heterocycles. The zero-order chi connectivity index (χ0) is 17.5. The average Bonchev–Trinajstić information content (AvgIpc) is 3.05. The highest BCUT2D eigenvalue weighted by Crippen LogP contribution is 2.20. The van der Waals surface area contributed by atoms with Crippen LogP contribution < -0.4 is 11.1 Å². The number of nitrogens with zero attached hydrogens (tertiary/aromatic N) is 3. The molecule has 1 aliphatic rings. The largest absolute Gasteiger partial charge is 0.374 e. The number of carbonyl (C=O) groups excluding carboxylic acids is 1. The number of hydrogen-bond acceptors (Lipinski definition) is 6. The highest BCUT2D eigenvalue weighted by atomic mass is 32.1. The number of carbonyl (C=O) groups is 1. The lowest BCUT2D eigenvalue weighted by molar-refractivity contribution is -0.127. The Morgan fingerprint density at radius 1 is 1.28 bits per heavy atom. The van der Waals surface area contributed by atoms with E-state index in [0.29, 0.717) is 11.7 Å². The van der Waals surface area contributed by atoms with Crippen LogP contribution >= 0.6 is 11.3 Å². The van der Waals surface area contributed by atoms with Gasteiger partial charge in [0.25, 0.3) is 0 Å². The minimum absolute atomic E-state index is 0.0221. The van der Waals surface area contributed by atoms with E-state index < -0.39 is 0 Å². The first-order chi connectivity index (χ1) is 12.2. The second-order valence-corrected chi connectivity index (χ2v) is 7.49. The number of nitrogen functional groups attached to an aromatic ring is 1. The van der Waals surface area contributed by atoms with E-state index in [2.05, 4.69) is 44.7 Å². The van der Waals surface area contributed by atoms with Gasteiger partial charge >= 0.3 is 0 Å². The lowest BCUT2D eigenvalue weighted by atomic mass is 10.0. The van der Waals surface area contributed by atoms with Gasteiger partial charge in [-0.25, -0.2) is 0 Å². The Labute approximate surface area is 152 Å². The van der Waals surface area contributed by atoms with Crippen molar-refractivity contribution in [1.82, 2.24) is 20.4 Å². The molecule has 1 aromatic heterocycles. The van der Waals surface area contributed by atoms with E-state index in [4.69, 9.17) is 5.73 Å².